The van der Waals surface area contributed by atoms with Gasteiger partial charge in [0.05, 0.1) is 12.5 Å². The van der Waals surface area contributed by atoms with Crippen LogP contribution in [0, 0.1) is 0 Å². The summed E-state index contributed by atoms with van der Waals surface area (Å²) in [4.78, 5) is 24.0. The van der Waals surface area contributed by atoms with Crippen molar-refractivity contribution in [2.75, 3.05) is 5.32 Å². The molecule has 0 saturated heterocycles. The Hall–Kier alpha value is -3.60. The van der Waals surface area contributed by atoms with Crippen LogP contribution in [0.4, 0.5) is 5.69 Å². The van der Waals surface area contributed by atoms with Gasteiger partial charge in [-0.2, -0.15) is 0 Å². The molecule has 0 bridgehead atoms. The lowest BCUT2D eigenvalue weighted by atomic mass is 10.0. The molecule has 0 radical (unpaired) electrons. The molecule has 2 amide bonds. The second kappa shape index (κ2) is 10.1. The van der Waals surface area contributed by atoms with Crippen molar-refractivity contribution in [3.63, 3.8) is 0 Å². The first-order valence-electron chi connectivity index (χ1n) is 9.49. The zero-order valence-electron chi connectivity index (χ0n) is 16.3. The van der Waals surface area contributed by atoms with E-state index in [4.69, 9.17) is 4.74 Å². The minimum atomic E-state index is -0.373. The Morgan fingerprint density at radius 3 is 2.10 bits per heavy atom. The first-order valence-corrected chi connectivity index (χ1v) is 9.49. The van der Waals surface area contributed by atoms with Crippen molar-refractivity contribution in [1.82, 2.24) is 5.32 Å². The Morgan fingerprint density at radius 1 is 0.862 bits per heavy atom. The molecule has 0 fully saturated rings. The summed E-state index contributed by atoms with van der Waals surface area (Å²) >= 11 is 0. The van der Waals surface area contributed by atoms with E-state index in [1.54, 1.807) is 12.1 Å². The number of anilines is 1. The first kappa shape index (κ1) is 20.1. The Kier molecular flexibility index (Phi) is 7.00. The molecule has 0 aliphatic carbocycles. The lowest BCUT2D eigenvalue weighted by Gasteiger charge is -2.18. The van der Waals surface area contributed by atoms with Crippen LogP contribution in [-0.4, -0.2) is 11.8 Å². The highest BCUT2D eigenvalue weighted by Crippen LogP contribution is 2.20. The molecular weight excluding hydrogens is 364 g/mol. The van der Waals surface area contributed by atoms with Crippen molar-refractivity contribution in [3.05, 3.63) is 96.1 Å². The van der Waals surface area contributed by atoms with Crippen LogP contribution in [0.3, 0.4) is 0 Å². The second-order valence-corrected chi connectivity index (χ2v) is 6.71. The predicted octanol–water partition coefficient (Wildman–Crippen LogP) is 4.47. The summed E-state index contributed by atoms with van der Waals surface area (Å²) in [5.74, 6) is 0.379. The summed E-state index contributed by atoms with van der Waals surface area (Å²) < 4.78 is 5.76. The maximum atomic E-state index is 12.5. The topological polar surface area (TPSA) is 67.4 Å². The molecule has 148 valence electrons. The standard InChI is InChI=1S/C24H24N2O3/c1-18(27)25-23(20-10-6-3-7-11-20)16-24(28)26-21-12-14-22(15-13-21)29-17-19-8-4-2-5-9-19/h2-15,23H,16-17H2,1H3,(H,25,27)(H,26,28). The molecule has 0 saturated carbocycles. The molecule has 29 heavy (non-hydrogen) atoms. The molecule has 2 N–H and O–H groups in total. The zero-order chi connectivity index (χ0) is 20.5. The molecule has 5 heteroatoms. The summed E-state index contributed by atoms with van der Waals surface area (Å²) in [5, 5.41) is 5.71. The van der Waals surface area contributed by atoms with Gasteiger partial charge in [-0.05, 0) is 35.4 Å². The molecule has 3 rings (SSSR count). The largest absolute Gasteiger partial charge is 0.489 e. The van der Waals surface area contributed by atoms with E-state index in [0.717, 1.165) is 16.9 Å². The van der Waals surface area contributed by atoms with Crippen molar-refractivity contribution in [1.29, 1.82) is 0 Å². The maximum Gasteiger partial charge on any atom is 0.226 e. The number of amides is 2. The van der Waals surface area contributed by atoms with Crippen LogP contribution in [0.5, 0.6) is 5.75 Å². The van der Waals surface area contributed by atoms with Crippen molar-refractivity contribution in [3.8, 4) is 5.75 Å². The zero-order valence-corrected chi connectivity index (χ0v) is 16.3. The molecule has 1 atom stereocenters. The molecule has 0 aliphatic heterocycles. The van der Waals surface area contributed by atoms with E-state index in [1.165, 1.54) is 6.92 Å². The number of hydrogen-bond acceptors (Lipinski definition) is 3. The van der Waals surface area contributed by atoms with Gasteiger partial charge >= 0.3 is 0 Å². The van der Waals surface area contributed by atoms with Gasteiger partial charge in [-0.15, -0.1) is 0 Å². The highest BCUT2D eigenvalue weighted by atomic mass is 16.5. The molecule has 0 heterocycles. The van der Waals surface area contributed by atoms with Gasteiger partial charge in [0.15, 0.2) is 0 Å². The summed E-state index contributed by atoms with van der Waals surface area (Å²) in [5.41, 5.74) is 2.66. The average molecular weight is 388 g/mol. The lowest BCUT2D eigenvalue weighted by Crippen LogP contribution is -2.29. The molecule has 3 aromatic rings. The van der Waals surface area contributed by atoms with Crippen molar-refractivity contribution < 1.29 is 14.3 Å². The second-order valence-electron chi connectivity index (χ2n) is 6.71. The normalized spacial score (nSPS) is 11.3. The Balaban J connectivity index is 1.55. The number of carbonyl (C=O) groups excluding carboxylic acids is 2. The third kappa shape index (κ3) is 6.50. The highest BCUT2D eigenvalue weighted by molar-refractivity contribution is 5.91. The summed E-state index contributed by atoms with van der Waals surface area (Å²) in [6.07, 6.45) is 0.149. The molecular formula is C24H24N2O3. The van der Waals surface area contributed by atoms with Gasteiger partial charge in [0, 0.05) is 12.6 Å². The Labute approximate surface area is 170 Å². The molecule has 1 unspecified atom stereocenters. The maximum absolute atomic E-state index is 12.5. The minimum Gasteiger partial charge on any atom is -0.489 e. The van der Waals surface area contributed by atoms with Crippen LogP contribution in [-0.2, 0) is 16.2 Å². The fraction of sp³-hybridized carbons (Fsp3) is 0.167. The number of hydrogen-bond donors (Lipinski definition) is 2. The van der Waals surface area contributed by atoms with Crippen LogP contribution in [0.1, 0.15) is 30.5 Å². The van der Waals surface area contributed by atoms with Gasteiger partial charge in [-0.3, -0.25) is 9.59 Å². The minimum absolute atomic E-state index is 0.149. The summed E-state index contributed by atoms with van der Waals surface area (Å²) in [6.45, 7) is 1.93. The molecule has 0 aliphatic rings. The number of ether oxygens (including phenoxy) is 1. The van der Waals surface area contributed by atoms with Crippen molar-refractivity contribution in [2.45, 2.75) is 26.0 Å². The van der Waals surface area contributed by atoms with Gasteiger partial charge < -0.3 is 15.4 Å². The van der Waals surface area contributed by atoms with E-state index in [2.05, 4.69) is 10.6 Å². The van der Waals surface area contributed by atoms with Crippen LogP contribution in [0.25, 0.3) is 0 Å². The van der Waals surface area contributed by atoms with E-state index in [1.807, 2.05) is 72.8 Å². The summed E-state index contributed by atoms with van der Waals surface area (Å²) in [6, 6.07) is 26.3. The van der Waals surface area contributed by atoms with E-state index < -0.39 is 0 Å². The predicted molar refractivity (Wildman–Crippen MR) is 113 cm³/mol. The monoisotopic (exact) mass is 388 g/mol. The summed E-state index contributed by atoms with van der Waals surface area (Å²) in [7, 11) is 0. The molecule has 0 spiro atoms. The quantitative estimate of drug-likeness (QED) is 0.598. The SMILES string of the molecule is CC(=O)NC(CC(=O)Nc1ccc(OCc2ccccc2)cc1)c1ccccc1. The third-order valence-corrected chi connectivity index (χ3v) is 4.36. The first-order chi connectivity index (χ1) is 14.1. The van der Waals surface area contributed by atoms with Crippen LogP contribution >= 0.6 is 0 Å². The van der Waals surface area contributed by atoms with Crippen molar-refractivity contribution >= 4 is 17.5 Å². The van der Waals surface area contributed by atoms with E-state index in [0.29, 0.717) is 12.3 Å². The Morgan fingerprint density at radius 2 is 1.48 bits per heavy atom. The van der Waals surface area contributed by atoms with E-state index in [9.17, 15) is 9.59 Å². The number of rotatable bonds is 8. The number of benzene rings is 3. The van der Waals surface area contributed by atoms with Crippen LogP contribution in [0.2, 0.25) is 0 Å². The van der Waals surface area contributed by atoms with Crippen LogP contribution in [0.15, 0.2) is 84.9 Å². The van der Waals surface area contributed by atoms with Gasteiger partial charge in [0.25, 0.3) is 0 Å². The lowest BCUT2D eigenvalue weighted by molar-refractivity contribution is -0.120. The van der Waals surface area contributed by atoms with E-state index in [-0.39, 0.29) is 24.3 Å². The van der Waals surface area contributed by atoms with Gasteiger partial charge in [0.1, 0.15) is 12.4 Å². The van der Waals surface area contributed by atoms with Gasteiger partial charge in [0.2, 0.25) is 11.8 Å². The smallest absolute Gasteiger partial charge is 0.226 e. The fourth-order valence-electron chi connectivity index (χ4n) is 2.96. The van der Waals surface area contributed by atoms with Gasteiger partial charge in [-0.1, -0.05) is 60.7 Å². The average Bonchev–Trinajstić information content (AvgIpc) is 2.74. The van der Waals surface area contributed by atoms with Crippen LogP contribution < -0.4 is 15.4 Å². The molecule has 3 aromatic carbocycles. The number of nitrogens with one attached hydrogen (secondary N) is 2. The fourth-order valence-corrected chi connectivity index (χ4v) is 2.96. The van der Waals surface area contributed by atoms with E-state index >= 15 is 0 Å². The molecule has 5 nitrogen and oxygen atoms in total. The number of carbonyl (C=O) groups is 2. The molecule has 0 aromatic heterocycles. The van der Waals surface area contributed by atoms with Gasteiger partial charge in [-0.25, -0.2) is 0 Å². The van der Waals surface area contributed by atoms with Crippen molar-refractivity contribution in [2.24, 2.45) is 0 Å². The highest BCUT2D eigenvalue weighted by Gasteiger charge is 2.17. The Bertz CT molecular complexity index is 925. The third-order valence-electron chi connectivity index (χ3n) is 4.36.